The van der Waals surface area contributed by atoms with E-state index in [1.54, 1.807) is 6.08 Å². The van der Waals surface area contributed by atoms with Crippen LogP contribution in [-0.2, 0) is 0 Å². The van der Waals surface area contributed by atoms with Crippen molar-refractivity contribution in [2.24, 2.45) is 0 Å². The number of benzene rings is 12. The molecule has 468 valence electrons. The molecule has 0 amide bonds. The van der Waals surface area contributed by atoms with E-state index in [0.29, 0.717) is 44.5 Å². The average Bonchev–Trinajstić information content (AvgIpc) is 1.61. The molecule has 15 aromatic rings. The van der Waals surface area contributed by atoms with E-state index in [4.69, 9.17) is 0 Å². The maximum absolute atomic E-state index is 11.6. The third-order valence-electron chi connectivity index (χ3n) is 20.2. The fourth-order valence-corrected chi connectivity index (χ4v) is 15.8. The van der Waals surface area contributed by atoms with Crippen molar-refractivity contribution in [1.82, 2.24) is 13.7 Å². The third-order valence-corrected chi connectivity index (χ3v) is 20.2. The maximum Gasteiger partial charge on any atom is 0.102 e. The summed E-state index contributed by atoms with van der Waals surface area (Å²) in [6.07, 6.45) is 10.2. The molecule has 0 bridgehead atoms. The van der Waals surface area contributed by atoms with Gasteiger partial charge in [0.1, 0.15) is 12.1 Å². The van der Waals surface area contributed by atoms with Crippen LogP contribution in [0.1, 0.15) is 56.1 Å². The summed E-state index contributed by atoms with van der Waals surface area (Å²) < 4.78 is 6.61. The molecule has 12 aromatic carbocycles. The summed E-state index contributed by atoms with van der Waals surface area (Å²) in [5.74, 6) is -0.191. The molecule has 0 spiro atoms. The zero-order valence-electron chi connectivity index (χ0n) is 54.5. The lowest BCUT2D eigenvalue weighted by molar-refractivity contribution is 0.758. The number of allylic oxidation sites excluding steroid dienone is 4. The van der Waals surface area contributed by atoms with Gasteiger partial charge in [-0.05, 0) is 161 Å². The van der Waals surface area contributed by atoms with Crippen LogP contribution in [0.2, 0.25) is 0 Å². The monoisotopic (exact) mass is 1290 g/mol. The van der Waals surface area contributed by atoms with Crippen LogP contribution in [0.3, 0.4) is 0 Å². The number of hydrogen-bond donors (Lipinski definition) is 0. The van der Waals surface area contributed by atoms with E-state index < -0.39 is 0 Å². The summed E-state index contributed by atoms with van der Waals surface area (Å²) in [4.78, 5) is 2.30. The van der Waals surface area contributed by atoms with Gasteiger partial charge in [-0.25, -0.2) is 0 Å². The normalized spacial score (nSPS) is 13.7. The van der Waals surface area contributed by atoms with E-state index in [2.05, 4.69) is 184 Å². The van der Waals surface area contributed by atoms with Crippen LogP contribution in [0.25, 0.3) is 128 Å². The first kappa shape index (κ1) is 60.2. The number of nitriles is 6. The highest BCUT2D eigenvalue weighted by Gasteiger charge is 2.42. The van der Waals surface area contributed by atoms with Crippen molar-refractivity contribution >= 4 is 77.5 Å². The van der Waals surface area contributed by atoms with Crippen LogP contribution in [0.5, 0.6) is 0 Å². The fraction of sp³-hybridized carbons (Fsp3) is 0.0330. The molecule has 0 radical (unpaired) electrons. The van der Waals surface area contributed by atoms with Crippen molar-refractivity contribution in [2.75, 3.05) is 4.90 Å². The van der Waals surface area contributed by atoms with Crippen LogP contribution < -0.4 is 4.90 Å². The molecule has 1 aliphatic carbocycles. The van der Waals surface area contributed by atoms with E-state index >= 15 is 0 Å². The molecule has 17 rings (SSSR count). The third kappa shape index (κ3) is 9.57. The molecule has 2 atom stereocenters. The van der Waals surface area contributed by atoms with Crippen LogP contribution in [0, 0.1) is 74.9 Å². The smallest absolute Gasteiger partial charge is 0.102 e. The van der Waals surface area contributed by atoms with Crippen molar-refractivity contribution in [3.63, 3.8) is 0 Å². The van der Waals surface area contributed by atoms with Gasteiger partial charge in [0, 0.05) is 77.6 Å². The van der Waals surface area contributed by atoms with Crippen molar-refractivity contribution in [3.05, 3.63) is 341 Å². The minimum atomic E-state index is -0.264. The Kier molecular flexibility index (Phi) is 14.5. The standard InChI is InChI=1S/C91H54N10/c1-56(50-92)36-42-79-57(2)65-41-40-61(49-90(65)98(79)83-30-12-6-21-72(83)75-48-60(38-39-62(75)53-95)66-24-15-33-86(77(66)54-96)100-81-28-10-4-19-70(81)71-20-5-11-29-82(71)100)69-26-17-35-89-91(69)74-23-8-14-32-85(74)101(89)87-34-16-25-67(78(87)55-97)63-44-59(52-94)45-64(47-63)68-18-3-9-27-80(68)99-84-31-13-7-22-73(84)76-46-58(51-93)37-43-88(76)99/h3-49,89,91H,1H2,2H3/b42-36-. The van der Waals surface area contributed by atoms with E-state index in [0.717, 1.165) is 144 Å². The van der Waals surface area contributed by atoms with Crippen LogP contribution in [0.15, 0.2) is 291 Å². The number of rotatable bonds is 11. The Bertz CT molecular complexity index is 6440. The SMILES string of the molecule is C=C(C#N)/C=C\c1c(C)c2ccc(C3=CC=CC4C3c3ccccc3N4c3cccc(-c4cc(C#N)cc(-c5ccccc5-n5c6ccccc6c6cc(C#N)ccc65)c4)c3C#N)cc2n1-c1ccccc1-c1cc(-c2cccc(-n3c4ccccc4c4ccccc43)c2C#N)ccc1C#N. The van der Waals surface area contributed by atoms with Crippen molar-refractivity contribution in [2.45, 2.75) is 18.9 Å². The molecule has 2 aliphatic rings. The Morgan fingerprint density at radius 3 is 1.63 bits per heavy atom. The van der Waals surface area contributed by atoms with Crippen LogP contribution in [-0.4, -0.2) is 19.7 Å². The summed E-state index contributed by atoms with van der Waals surface area (Å²) >= 11 is 0. The van der Waals surface area contributed by atoms with E-state index in [9.17, 15) is 31.6 Å². The van der Waals surface area contributed by atoms with Crippen molar-refractivity contribution < 1.29 is 0 Å². The van der Waals surface area contributed by atoms with Gasteiger partial charge in [0.15, 0.2) is 0 Å². The number of para-hydroxylation sites is 6. The first-order valence-electron chi connectivity index (χ1n) is 33.2. The van der Waals surface area contributed by atoms with Crippen LogP contribution in [0.4, 0.5) is 11.4 Å². The van der Waals surface area contributed by atoms with E-state index in [-0.39, 0.29) is 12.0 Å². The second kappa shape index (κ2) is 24.3. The van der Waals surface area contributed by atoms with Gasteiger partial charge in [0.25, 0.3) is 0 Å². The van der Waals surface area contributed by atoms with Gasteiger partial charge >= 0.3 is 0 Å². The lowest BCUT2D eigenvalue weighted by Crippen LogP contribution is -2.30. The lowest BCUT2D eigenvalue weighted by atomic mass is 9.80. The highest BCUT2D eigenvalue weighted by Crippen LogP contribution is 2.55. The largest absolute Gasteiger partial charge is 0.332 e. The molecule has 10 heteroatoms. The molecule has 0 saturated heterocycles. The molecule has 0 N–H and O–H groups in total. The van der Waals surface area contributed by atoms with Gasteiger partial charge in [-0.2, -0.15) is 31.6 Å². The number of fused-ring (bicyclic) bond motifs is 10. The Balaban J connectivity index is 0.770. The molecule has 10 nitrogen and oxygen atoms in total. The van der Waals surface area contributed by atoms with E-state index in [1.165, 1.54) is 0 Å². The molecule has 0 fully saturated rings. The summed E-state index contributed by atoms with van der Waals surface area (Å²) in [5.41, 5.74) is 22.7. The summed E-state index contributed by atoms with van der Waals surface area (Å²) in [5, 5.41) is 69.8. The van der Waals surface area contributed by atoms with Crippen molar-refractivity contribution in [1.29, 1.82) is 31.6 Å². The van der Waals surface area contributed by atoms with Gasteiger partial charge in [-0.3, -0.25) is 0 Å². The zero-order chi connectivity index (χ0) is 68.6. The lowest BCUT2D eigenvalue weighted by Gasteiger charge is -2.32. The Morgan fingerprint density at radius 1 is 0.396 bits per heavy atom. The van der Waals surface area contributed by atoms with Gasteiger partial charge in [0.05, 0.1) is 108 Å². The van der Waals surface area contributed by atoms with Gasteiger partial charge in [0.2, 0.25) is 0 Å². The highest BCUT2D eigenvalue weighted by atomic mass is 15.2. The summed E-state index contributed by atoms with van der Waals surface area (Å²) in [6.45, 7) is 6.12. The zero-order valence-corrected chi connectivity index (χ0v) is 54.5. The maximum atomic E-state index is 11.6. The van der Waals surface area contributed by atoms with Gasteiger partial charge in [-0.1, -0.05) is 176 Å². The topological polar surface area (TPSA) is 161 Å². The number of hydrogen-bond acceptors (Lipinski definition) is 7. The van der Waals surface area contributed by atoms with Crippen molar-refractivity contribution in [3.8, 4) is 98.0 Å². The number of anilines is 2. The minimum absolute atomic E-state index is 0.191. The molecular weight excluding hydrogens is 1230 g/mol. The highest BCUT2D eigenvalue weighted by molar-refractivity contribution is 6.11. The summed E-state index contributed by atoms with van der Waals surface area (Å²) in [7, 11) is 0. The van der Waals surface area contributed by atoms with Gasteiger partial charge in [-0.15, -0.1) is 0 Å². The number of aromatic nitrogens is 3. The fourth-order valence-electron chi connectivity index (χ4n) is 15.8. The Morgan fingerprint density at radius 2 is 0.950 bits per heavy atom. The number of aryl methyl sites for hydroxylation is 1. The Labute approximate surface area is 582 Å². The van der Waals surface area contributed by atoms with E-state index in [1.807, 2.05) is 164 Å². The summed E-state index contributed by atoms with van der Waals surface area (Å²) in [6, 6.07) is 99.8. The van der Waals surface area contributed by atoms with Gasteiger partial charge < -0.3 is 18.6 Å². The minimum Gasteiger partial charge on any atom is -0.332 e. The second-order valence-electron chi connectivity index (χ2n) is 25.5. The molecule has 4 heterocycles. The second-order valence-corrected chi connectivity index (χ2v) is 25.5. The molecule has 3 aromatic heterocycles. The quantitative estimate of drug-likeness (QED) is 0.0920. The molecule has 101 heavy (non-hydrogen) atoms. The average molecular weight is 1290 g/mol. The Hall–Kier alpha value is -14.5. The number of nitrogens with zero attached hydrogens (tertiary/aromatic N) is 10. The molecular formula is C91H54N10. The molecule has 0 saturated carbocycles. The molecule has 1 aliphatic heterocycles. The predicted octanol–water partition coefficient (Wildman–Crippen LogP) is 21.5. The predicted molar refractivity (Wildman–Crippen MR) is 404 cm³/mol. The first-order valence-corrected chi connectivity index (χ1v) is 33.2. The van der Waals surface area contributed by atoms with Crippen LogP contribution >= 0.6 is 0 Å². The molecule has 2 unspecified atom stereocenters. The first-order chi connectivity index (χ1) is 49.7.